The van der Waals surface area contributed by atoms with Crippen LogP contribution in [0.1, 0.15) is 55.5 Å². The van der Waals surface area contributed by atoms with Gasteiger partial charge in [-0.15, -0.1) is 0 Å². The summed E-state index contributed by atoms with van der Waals surface area (Å²) in [4.78, 5) is 69.4. The molecule has 0 heterocycles. The first-order valence-electron chi connectivity index (χ1n) is 18.6. The number of anilines is 3. The minimum absolute atomic E-state index is 0.154. The Hall–Kier alpha value is -7.11. The lowest BCUT2D eigenvalue weighted by molar-refractivity contribution is -0.135. The van der Waals surface area contributed by atoms with E-state index in [1.54, 1.807) is 87.5 Å². The lowest BCUT2D eigenvalue weighted by Gasteiger charge is -2.26. The highest BCUT2D eigenvalue weighted by atomic mass is 16.4. The van der Waals surface area contributed by atoms with Crippen molar-refractivity contribution < 1.29 is 29.1 Å². The van der Waals surface area contributed by atoms with E-state index in [1.807, 2.05) is 79.7 Å². The summed E-state index contributed by atoms with van der Waals surface area (Å²) >= 11 is 0. The van der Waals surface area contributed by atoms with Gasteiger partial charge >= 0.3 is 5.97 Å². The summed E-state index contributed by atoms with van der Waals surface area (Å²) in [7, 11) is 0. The number of carbonyl (C=O) groups is 5. The highest BCUT2D eigenvalue weighted by Gasteiger charge is 2.23. The molecule has 0 spiro atoms. The van der Waals surface area contributed by atoms with Crippen LogP contribution < -0.4 is 25.8 Å². The zero-order chi connectivity index (χ0) is 40.3. The fourth-order valence-electron chi connectivity index (χ4n) is 6.50. The van der Waals surface area contributed by atoms with Gasteiger partial charge in [-0.05, 0) is 107 Å². The van der Waals surface area contributed by atoms with Crippen molar-refractivity contribution in [1.82, 2.24) is 5.32 Å². The van der Waals surface area contributed by atoms with E-state index in [-0.39, 0.29) is 36.4 Å². The number of benzene rings is 6. The molecule has 6 rings (SSSR count). The normalized spacial score (nSPS) is 10.8. The number of carbonyl (C=O) groups excluding carboxylic acids is 4. The van der Waals surface area contributed by atoms with E-state index in [9.17, 15) is 24.0 Å². The number of aliphatic carboxylic acids is 1. The smallest absolute Gasteiger partial charge is 0.322 e. The average molecular weight is 762 g/mol. The van der Waals surface area contributed by atoms with Gasteiger partial charge in [0.25, 0.3) is 17.7 Å². The largest absolute Gasteiger partial charge is 0.480 e. The molecule has 0 aromatic heterocycles. The summed E-state index contributed by atoms with van der Waals surface area (Å²) in [6.07, 6.45) is 0.685. The third kappa shape index (κ3) is 9.77. The molecule has 0 aliphatic heterocycles. The molecule has 6 aromatic rings. The van der Waals surface area contributed by atoms with E-state index in [4.69, 9.17) is 10.8 Å². The lowest BCUT2D eigenvalue weighted by atomic mass is 10.1. The van der Waals surface area contributed by atoms with Crippen molar-refractivity contribution in [2.45, 2.75) is 26.4 Å². The van der Waals surface area contributed by atoms with Gasteiger partial charge in [0.15, 0.2) is 0 Å². The molecule has 57 heavy (non-hydrogen) atoms. The Balaban J connectivity index is 1.24. The molecule has 0 saturated heterocycles. The van der Waals surface area contributed by atoms with Gasteiger partial charge in [-0.2, -0.15) is 0 Å². The molecule has 11 nitrogen and oxygen atoms in total. The Morgan fingerprint density at radius 2 is 1.07 bits per heavy atom. The molecule has 6 aromatic carbocycles. The Morgan fingerprint density at radius 1 is 0.561 bits per heavy atom. The first kappa shape index (κ1) is 39.6. The predicted octanol–water partition coefficient (Wildman–Crippen LogP) is 7.05. The van der Waals surface area contributed by atoms with E-state index in [1.165, 1.54) is 0 Å². The molecule has 11 heteroatoms. The molecular formula is C46H43N5O6. The van der Waals surface area contributed by atoms with Crippen molar-refractivity contribution in [2.24, 2.45) is 5.73 Å². The molecule has 0 radical (unpaired) electrons. The maximum Gasteiger partial charge on any atom is 0.322 e. The van der Waals surface area contributed by atoms with Crippen LogP contribution in [-0.4, -0.2) is 54.3 Å². The van der Waals surface area contributed by atoms with Crippen LogP contribution in [0.5, 0.6) is 0 Å². The Labute approximate surface area is 330 Å². The molecule has 4 amide bonds. The number of hydrogen-bond donors (Lipinski definition) is 3. The molecule has 0 saturated carbocycles. The number of amides is 4. The number of rotatable bonds is 15. The zero-order valence-electron chi connectivity index (χ0n) is 31.5. The molecule has 0 bridgehead atoms. The van der Waals surface area contributed by atoms with Crippen molar-refractivity contribution in [3.8, 4) is 0 Å². The van der Waals surface area contributed by atoms with Crippen LogP contribution >= 0.6 is 0 Å². The molecule has 0 atom stereocenters. The number of hydrogen-bond acceptors (Lipinski definition) is 6. The molecule has 0 aliphatic rings. The van der Waals surface area contributed by atoms with Gasteiger partial charge in [0, 0.05) is 40.3 Å². The van der Waals surface area contributed by atoms with E-state index in [0.29, 0.717) is 47.7 Å². The molecule has 0 aliphatic carbocycles. The summed E-state index contributed by atoms with van der Waals surface area (Å²) in [5.41, 5.74) is 10.4. The number of nitrogens with zero attached hydrogens (tertiary/aromatic N) is 3. The third-order valence-corrected chi connectivity index (χ3v) is 9.44. The van der Waals surface area contributed by atoms with Gasteiger partial charge in [-0.3, -0.25) is 24.0 Å². The third-order valence-electron chi connectivity index (χ3n) is 9.44. The number of carboxylic acid groups (broad SMARTS) is 1. The second-order valence-corrected chi connectivity index (χ2v) is 13.4. The second kappa shape index (κ2) is 18.5. The van der Waals surface area contributed by atoms with Gasteiger partial charge in [-0.25, -0.2) is 0 Å². The van der Waals surface area contributed by atoms with Crippen LogP contribution in [0, 0.1) is 0 Å². The molecule has 288 valence electrons. The Bertz CT molecular complexity index is 2360. The highest BCUT2D eigenvalue weighted by Crippen LogP contribution is 2.26. The highest BCUT2D eigenvalue weighted by molar-refractivity contribution is 6.09. The van der Waals surface area contributed by atoms with Crippen molar-refractivity contribution in [1.29, 1.82) is 0 Å². The summed E-state index contributed by atoms with van der Waals surface area (Å²) in [5, 5.41) is 13.4. The molecule has 4 N–H and O–H groups in total. The first-order valence-corrected chi connectivity index (χ1v) is 18.6. The molecule has 0 fully saturated rings. The summed E-state index contributed by atoms with van der Waals surface area (Å²) in [6, 6.07) is 43.7. The Morgan fingerprint density at radius 3 is 1.65 bits per heavy atom. The van der Waals surface area contributed by atoms with E-state index >= 15 is 0 Å². The summed E-state index contributed by atoms with van der Waals surface area (Å²) in [5.74, 6) is -2.46. The fourth-order valence-corrected chi connectivity index (χ4v) is 6.50. The van der Waals surface area contributed by atoms with Gasteiger partial charge in [-0.1, -0.05) is 73.7 Å². The zero-order valence-corrected chi connectivity index (χ0v) is 31.5. The van der Waals surface area contributed by atoms with Crippen LogP contribution in [0.25, 0.3) is 10.8 Å². The van der Waals surface area contributed by atoms with Crippen molar-refractivity contribution in [2.75, 3.05) is 34.3 Å². The fraction of sp³-hybridized carbons (Fsp3) is 0.152. The van der Waals surface area contributed by atoms with Crippen LogP contribution in [0.3, 0.4) is 0 Å². The maximum atomic E-state index is 14.3. The van der Waals surface area contributed by atoms with Crippen LogP contribution in [0.2, 0.25) is 0 Å². The quantitative estimate of drug-likeness (QED) is 0.101. The van der Waals surface area contributed by atoms with Crippen molar-refractivity contribution in [3.05, 3.63) is 173 Å². The monoisotopic (exact) mass is 761 g/mol. The van der Waals surface area contributed by atoms with E-state index in [0.717, 1.165) is 21.9 Å². The van der Waals surface area contributed by atoms with Gasteiger partial charge in [0.2, 0.25) is 5.91 Å². The number of nitrogens with one attached hydrogen (secondary N) is 1. The molecular weight excluding hydrogens is 719 g/mol. The van der Waals surface area contributed by atoms with Crippen molar-refractivity contribution in [3.63, 3.8) is 0 Å². The average Bonchev–Trinajstić information content (AvgIpc) is 3.25. The number of carboxylic acids is 1. The minimum atomic E-state index is -1.15. The minimum Gasteiger partial charge on any atom is -0.480 e. The van der Waals surface area contributed by atoms with Gasteiger partial charge in [0.1, 0.15) is 6.54 Å². The lowest BCUT2D eigenvalue weighted by Crippen LogP contribution is -2.35. The predicted molar refractivity (Wildman–Crippen MR) is 222 cm³/mol. The first-order chi connectivity index (χ1) is 27.6. The maximum absolute atomic E-state index is 14.3. The van der Waals surface area contributed by atoms with E-state index in [2.05, 4.69) is 5.32 Å². The van der Waals surface area contributed by atoms with Gasteiger partial charge < -0.3 is 30.9 Å². The van der Waals surface area contributed by atoms with Gasteiger partial charge in [0.05, 0.1) is 19.6 Å². The summed E-state index contributed by atoms with van der Waals surface area (Å²) in [6.45, 7) is 2.31. The van der Waals surface area contributed by atoms with Crippen molar-refractivity contribution >= 4 is 57.4 Å². The van der Waals surface area contributed by atoms with E-state index < -0.39 is 18.4 Å². The standard InChI is InChI=1S/C46H43N5O6/c1-2-26-49(45(56)36-18-24-40(25-19-36)50(42(52)28-47)30-32-8-4-3-5-9-32)39-22-16-37(17-23-39)46(57)51(31-33-12-13-34-10-6-7-11-38(34)27-33)41-20-14-35(15-21-41)44(55)48-29-43(53)54/h3-25,27H,2,26,28-31,47H2,1H3,(H,48,55)(H,53,54). The SMILES string of the molecule is CCCN(C(=O)c1ccc(N(Cc2ccccc2)C(=O)CN)cc1)c1ccc(C(=O)N(Cc2ccc3ccccc3c2)c2ccc(C(=O)NCC(=O)O)cc2)cc1. The number of nitrogens with two attached hydrogens (primary N) is 1. The number of fused-ring (bicyclic) bond motifs is 1. The topological polar surface area (TPSA) is 153 Å². The second-order valence-electron chi connectivity index (χ2n) is 13.4. The van der Waals surface area contributed by atoms with Crippen LogP contribution in [0.15, 0.2) is 146 Å². The summed E-state index contributed by atoms with van der Waals surface area (Å²) < 4.78 is 0. The molecule has 0 unspecified atom stereocenters. The van der Waals surface area contributed by atoms with Crippen LogP contribution in [-0.2, 0) is 22.7 Å². The Kier molecular flexibility index (Phi) is 12.8. The van der Waals surface area contributed by atoms with Crippen LogP contribution in [0.4, 0.5) is 17.1 Å².